The zero-order chi connectivity index (χ0) is 4.41. The molecule has 2 radical (unpaired) electrons. The summed E-state index contributed by atoms with van der Waals surface area (Å²) in [6, 6.07) is 1.86. The minimum atomic E-state index is 1.05. The maximum atomic E-state index is 4.50. The second kappa shape index (κ2) is 1.64. The Morgan fingerprint density at radius 3 is 2.83 bits per heavy atom. The summed E-state index contributed by atoms with van der Waals surface area (Å²) in [4.78, 5) is 0. The molecule has 0 N–H and O–H groups in total. The van der Waals surface area contributed by atoms with Crippen molar-refractivity contribution in [3.05, 3.63) is 12.3 Å². The summed E-state index contributed by atoms with van der Waals surface area (Å²) < 4.78 is 5.55. The summed E-state index contributed by atoms with van der Waals surface area (Å²) in [5.74, 6) is 0. The monoisotopic (exact) mass is 189 g/mol. The van der Waals surface area contributed by atoms with Gasteiger partial charge in [0.2, 0.25) is 0 Å². The molecule has 3 heteroatoms. The van der Waals surface area contributed by atoms with Gasteiger partial charge in [0, 0.05) is 0 Å². The van der Waals surface area contributed by atoms with E-state index in [9.17, 15) is 0 Å². The molecule has 2 nitrogen and oxygen atoms in total. The van der Waals surface area contributed by atoms with Crippen LogP contribution in [0, 0.1) is 0 Å². The van der Waals surface area contributed by atoms with Crippen LogP contribution in [0.15, 0.2) is 16.9 Å². The first-order valence-electron chi connectivity index (χ1n) is 1.55. The average Bonchev–Trinajstić information content (AvgIpc) is 1.86. The van der Waals surface area contributed by atoms with E-state index in [0.717, 1.165) is 26.2 Å². The summed E-state index contributed by atoms with van der Waals surface area (Å²) in [6.07, 6.45) is 1.58. The molecule has 1 heterocycles. The maximum absolute atomic E-state index is 4.50. The predicted molar refractivity (Wildman–Crippen MR) is 23.3 cm³/mol. The van der Waals surface area contributed by atoms with Crippen molar-refractivity contribution in [1.29, 1.82) is 0 Å². The minimum absolute atomic E-state index is 1.05. The fourth-order valence-electron chi connectivity index (χ4n) is 0.222. The van der Waals surface area contributed by atoms with E-state index in [4.69, 9.17) is 0 Å². The first kappa shape index (κ1) is 4.18. The molecule has 1 aromatic heterocycles. The molecule has 0 unspecified atom stereocenters. The summed E-state index contributed by atoms with van der Waals surface area (Å²) in [5.41, 5.74) is 0. The predicted octanol–water partition coefficient (Wildman–Crippen LogP) is -0.799. The molecule has 0 amide bonds. The third-order valence-electron chi connectivity index (χ3n) is 0.458. The second-order valence-corrected chi connectivity index (χ2v) is 2.61. The van der Waals surface area contributed by atoms with Crippen molar-refractivity contribution in [2.75, 3.05) is 0 Å². The van der Waals surface area contributed by atoms with Crippen LogP contribution >= 0.6 is 0 Å². The molecule has 0 atom stereocenters. The molecule has 6 heavy (non-hydrogen) atoms. The first-order valence-corrected chi connectivity index (χ1v) is 3.20. The number of rotatable bonds is 0. The van der Waals surface area contributed by atoms with Crippen LogP contribution < -0.4 is 3.71 Å². The standard InChI is InChI=1S/C3H2NO.Sn.H/c1-2-4-5-3-1;;/h1,3H;;. The van der Waals surface area contributed by atoms with Gasteiger partial charge < -0.3 is 0 Å². The normalized spacial score (nSPS) is 8.83. The Morgan fingerprint density at radius 1 is 1.83 bits per heavy atom. The number of nitrogens with zero attached hydrogens (tertiary/aromatic N) is 1. The van der Waals surface area contributed by atoms with Crippen molar-refractivity contribution < 1.29 is 4.52 Å². The van der Waals surface area contributed by atoms with E-state index in [1.807, 2.05) is 6.07 Å². The fraction of sp³-hybridized carbons (Fsp3) is 0. The third-order valence-corrected chi connectivity index (χ3v) is 1.31. The Kier molecular flexibility index (Phi) is 1.14. The van der Waals surface area contributed by atoms with Gasteiger partial charge in [-0.2, -0.15) is 0 Å². The third kappa shape index (κ3) is 0.739. The fourth-order valence-corrected chi connectivity index (χ4v) is 0.620. The van der Waals surface area contributed by atoms with Crippen LogP contribution in [0.3, 0.4) is 0 Å². The Hall–Kier alpha value is 0.00870. The van der Waals surface area contributed by atoms with E-state index in [-0.39, 0.29) is 0 Å². The molecular formula is C3H3NOSn. The van der Waals surface area contributed by atoms with E-state index >= 15 is 0 Å². The summed E-state index contributed by atoms with van der Waals surface area (Å²) in [5, 5.41) is 3.60. The van der Waals surface area contributed by atoms with Crippen LogP contribution in [0.25, 0.3) is 0 Å². The molecule has 0 fully saturated rings. The zero-order valence-electron chi connectivity index (χ0n) is 3.09. The quantitative estimate of drug-likeness (QED) is 0.498. The second-order valence-electron chi connectivity index (χ2n) is 0.924. The summed E-state index contributed by atoms with van der Waals surface area (Å²) in [6.45, 7) is 0. The molecule has 0 saturated carbocycles. The van der Waals surface area contributed by atoms with E-state index < -0.39 is 0 Å². The van der Waals surface area contributed by atoms with Crippen molar-refractivity contribution >= 4 is 26.2 Å². The average molecular weight is 188 g/mol. The van der Waals surface area contributed by atoms with Crippen molar-refractivity contribution in [1.82, 2.24) is 5.16 Å². The van der Waals surface area contributed by atoms with Crippen LogP contribution in [0.4, 0.5) is 0 Å². The van der Waals surface area contributed by atoms with E-state index in [1.165, 1.54) is 0 Å². The van der Waals surface area contributed by atoms with Crippen LogP contribution in [0.2, 0.25) is 0 Å². The summed E-state index contributed by atoms with van der Waals surface area (Å²) in [7, 11) is 0. The molecule has 1 rings (SSSR count). The van der Waals surface area contributed by atoms with Crippen molar-refractivity contribution in [2.45, 2.75) is 0 Å². The topological polar surface area (TPSA) is 26.0 Å². The molecule has 0 aliphatic rings. The van der Waals surface area contributed by atoms with Crippen molar-refractivity contribution in [2.24, 2.45) is 0 Å². The van der Waals surface area contributed by atoms with Gasteiger partial charge in [-0.05, 0) is 0 Å². The molecular weight excluding hydrogens is 185 g/mol. The Morgan fingerprint density at radius 2 is 2.67 bits per heavy atom. The van der Waals surface area contributed by atoms with Crippen LogP contribution in [-0.2, 0) is 0 Å². The molecule has 0 aliphatic carbocycles. The van der Waals surface area contributed by atoms with Gasteiger partial charge in [-0.1, -0.05) is 0 Å². The zero-order valence-corrected chi connectivity index (χ0v) is 6.38. The molecule has 0 spiro atoms. The van der Waals surface area contributed by atoms with Crippen LogP contribution in [-0.4, -0.2) is 27.7 Å². The van der Waals surface area contributed by atoms with Gasteiger partial charge in [-0.3, -0.25) is 0 Å². The summed E-state index contributed by atoms with van der Waals surface area (Å²) >= 11 is 1.05. The molecule has 30 valence electrons. The van der Waals surface area contributed by atoms with E-state index in [2.05, 4.69) is 9.68 Å². The Labute approximate surface area is 48.6 Å². The van der Waals surface area contributed by atoms with E-state index in [1.54, 1.807) is 6.26 Å². The van der Waals surface area contributed by atoms with Crippen molar-refractivity contribution in [3.8, 4) is 0 Å². The molecule has 0 bridgehead atoms. The number of aromatic nitrogens is 1. The first-order chi connectivity index (χ1) is 2.89. The molecule has 0 aromatic carbocycles. The van der Waals surface area contributed by atoms with Gasteiger partial charge in [0.1, 0.15) is 0 Å². The van der Waals surface area contributed by atoms with Gasteiger partial charge in [0.15, 0.2) is 0 Å². The van der Waals surface area contributed by atoms with E-state index in [0.29, 0.717) is 0 Å². The molecule has 1 aromatic rings. The van der Waals surface area contributed by atoms with Gasteiger partial charge >= 0.3 is 48.2 Å². The number of hydrogen-bond donors (Lipinski definition) is 0. The number of hydrogen-bond acceptors (Lipinski definition) is 2. The van der Waals surface area contributed by atoms with Crippen molar-refractivity contribution in [3.63, 3.8) is 0 Å². The molecule has 0 aliphatic heterocycles. The van der Waals surface area contributed by atoms with Gasteiger partial charge in [0.05, 0.1) is 0 Å². The SMILES string of the molecule is [SnH][c]1ccon1. The van der Waals surface area contributed by atoms with Gasteiger partial charge in [-0.15, -0.1) is 0 Å². The van der Waals surface area contributed by atoms with Gasteiger partial charge in [-0.25, -0.2) is 0 Å². The van der Waals surface area contributed by atoms with Gasteiger partial charge in [0.25, 0.3) is 0 Å². The van der Waals surface area contributed by atoms with Crippen LogP contribution in [0.1, 0.15) is 0 Å². The van der Waals surface area contributed by atoms with Crippen LogP contribution in [0.5, 0.6) is 0 Å². The molecule has 0 saturated heterocycles. The Bertz CT molecular complexity index is 114. The Balaban J connectivity index is 3.05.